The number of halogens is 2. The van der Waals surface area contributed by atoms with Gasteiger partial charge in [0.2, 0.25) is 0 Å². The Morgan fingerprint density at radius 2 is 1.89 bits per heavy atom. The topological polar surface area (TPSA) is 9.23 Å². The van der Waals surface area contributed by atoms with E-state index in [0.29, 0.717) is 11.7 Å². The SMILES string of the molecule is COc1ccc(F)cc1C(Cl)C1CCCCCC1. The largest absolute Gasteiger partial charge is 0.496 e. The molecule has 18 heavy (non-hydrogen) atoms. The van der Waals surface area contributed by atoms with Crippen molar-refractivity contribution in [1.29, 1.82) is 0 Å². The van der Waals surface area contributed by atoms with E-state index in [1.165, 1.54) is 37.8 Å². The van der Waals surface area contributed by atoms with E-state index in [2.05, 4.69) is 0 Å². The van der Waals surface area contributed by atoms with Crippen LogP contribution in [-0.2, 0) is 0 Å². The van der Waals surface area contributed by atoms with E-state index in [9.17, 15) is 4.39 Å². The van der Waals surface area contributed by atoms with Crippen LogP contribution in [0.2, 0.25) is 0 Å². The van der Waals surface area contributed by atoms with Crippen LogP contribution >= 0.6 is 11.6 Å². The lowest BCUT2D eigenvalue weighted by Gasteiger charge is -2.22. The molecule has 0 amide bonds. The van der Waals surface area contributed by atoms with Crippen LogP contribution in [0, 0.1) is 11.7 Å². The van der Waals surface area contributed by atoms with E-state index < -0.39 is 0 Å². The van der Waals surface area contributed by atoms with Gasteiger partial charge in [-0.1, -0.05) is 25.7 Å². The van der Waals surface area contributed by atoms with Crippen molar-refractivity contribution >= 4 is 11.6 Å². The molecule has 1 aliphatic rings. The summed E-state index contributed by atoms with van der Waals surface area (Å²) in [6, 6.07) is 4.59. The fourth-order valence-electron chi connectivity index (χ4n) is 2.78. The normalized spacial score (nSPS) is 19.3. The summed E-state index contributed by atoms with van der Waals surface area (Å²) in [7, 11) is 1.60. The van der Waals surface area contributed by atoms with E-state index in [1.807, 2.05) is 0 Å². The predicted octanol–water partition coefficient (Wildman–Crippen LogP) is 5.08. The Hall–Kier alpha value is -0.760. The van der Waals surface area contributed by atoms with Crippen molar-refractivity contribution in [3.8, 4) is 5.75 Å². The third-order valence-electron chi connectivity index (χ3n) is 3.80. The first-order chi connectivity index (χ1) is 8.72. The second kappa shape index (κ2) is 6.42. The smallest absolute Gasteiger partial charge is 0.123 e. The zero-order chi connectivity index (χ0) is 13.0. The molecule has 1 saturated carbocycles. The highest BCUT2D eigenvalue weighted by atomic mass is 35.5. The van der Waals surface area contributed by atoms with Gasteiger partial charge in [-0.15, -0.1) is 11.6 Å². The summed E-state index contributed by atoms with van der Waals surface area (Å²) in [4.78, 5) is 0. The molecule has 0 heterocycles. The van der Waals surface area contributed by atoms with Gasteiger partial charge in [0, 0.05) is 5.56 Å². The molecular weight excluding hydrogens is 251 g/mol. The maximum Gasteiger partial charge on any atom is 0.123 e. The Morgan fingerprint density at radius 1 is 1.22 bits per heavy atom. The summed E-state index contributed by atoms with van der Waals surface area (Å²) in [5.41, 5.74) is 0.797. The number of hydrogen-bond donors (Lipinski definition) is 0. The van der Waals surface area contributed by atoms with Crippen molar-refractivity contribution in [3.63, 3.8) is 0 Å². The van der Waals surface area contributed by atoms with Crippen LogP contribution in [0.5, 0.6) is 5.75 Å². The van der Waals surface area contributed by atoms with E-state index in [1.54, 1.807) is 13.2 Å². The number of alkyl halides is 1. The van der Waals surface area contributed by atoms with E-state index in [0.717, 1.165) is 18.4 Å². The quantitative estimate of drug-likeness (QED) is 0.549. The maximum atomic E-state index is 13.4. The molecule has 3 heteroatoms. The third-order valence-corrected chi connectivity index (χ3v) is 4.39. The van der Waals surface area contributed by atoms with Crippen molar-refractivity contribution in [1.82, 2.24) is 0 Å². The lowest BCUT2D eigenvalue weighted by Crippen LogP contribution is -2.09. The van der Waals surface area contributed by atoms with Gasteiger partial charge in [-0.2, -0.15) is 0 Å². The highest BCUT2D eigenvalue weighted by molar-refractivity contribution is 6.21. The van der Waals surface area contributed by atoms with Gasteiger partial charge in [0.1, 0.15) is 11.6 Å². The molecule has 1 nitrogen and oxygen atoms in total. The van der Waals surface area contributed by atoms with Gasteiger partial charge in [0.05, 0.1) is 12.5 Å². The third kappa shape index (κ3) is 3.17. The van der Waals surface area contributed by atoms with Gasteiger partial charge in [-0.25, -0.2) is 4.39 Å². The van der Waals surface area contributed by atoms with Gasteiger partial charge in [-0.05, 0) is 37.0 Å². The first-order valence-electron chi connectivity index (χ1n) is 6.70. The number of benzene rings is 1. The molecule has 0 aromatic heterocycles. The predicted molar refractivity (Wildman–Crippen MR) is 72.7 cm³/mol. The Balaban J connectivity index is 2.20. The number of ether oxygens (including phenoxy) is 1. The molecule has 0 saturated heterocycles. The minimum absolute atomic E-state index is 0.145. The molecule has 0 spiro atoms. The Morgan fingerprint density at radius 3 is 2.50 bits per heavy atom. The van der Waals surface area contributed by atoms with Crippen LogP contribution in [-0.4, -0.2) is 7.11 Å². The van der Waals surface area contributed by atoms with Gasteiger partial charge in [0.25, 0.3) is 0 Å². The molecule has 0 radical (unpaired) electrons. The van der Waals surface area contributed by atoms with Crippen LogP contribution in [0.15, 0.2) is 18.2 Å². The van der Waals surface area contributed by atoms with Crippen molar-refractivity contribution in [2.24, 2.45) is 5.92 Å². The van der Waals surface area contributed by atoms with E-state index in [4.69, 9.17) is 16.3 Å². The Labute approximate surface area is 113 Å². The van der Waals surface area contributed by atoms with Crippen LogP contribution in [0.25, 0.3) is 0 Å². The molecule has 1 unspecified atom stereocenters. The molecule has 1 aromatic rings. The summed E-state index contributed by atoms with van der Waals surface area (Å²) >= 11 is 6.57. The van der Waals surface area contributed by atoms with Crippen LogP contribution in [0.4, 0.5) is 4.39 Å². The Bertz CT molecular complexity index is 386. The molecule has 1 aromatic carbocycles. The monoisotopic (exact) mass is 270 g/mol. The summed E-state index contributed by atoms with van der Waals surface area (Å²) in [6.45, 7) is 0. The van der Waals surface area contributed by atoms with Crippen molar-refractivity contribution in [2.45, 2.75) is 43.9 Å². The van der Waals surface area contributed by atoms with Gasteiger partial charge >= 0.3 is 0 Å². The van der Waals surface area contributed by atoms with Crippen molar-refractivity contribution in [3.05, 3.63) is 29.6 Å². The standard InChI is InChI=1S/C15H20ClFO/c1-18-14-9-8-12(17)10-13(14)15(16)11-6-4-2-3-5-7-11/h8-11,15H,2-7H2,1H3. The molecular formula is C15H20ClFO. The molecule has 0 aliphatic heterocycles. The lowest BCUT2D eigenvalue weighted by molar-refractivity contribution is 0.391. The summed E-state index contributed by atoms with van der Waals surface area (Å²) < 4.78 is 18.7. The van der Waals surface area contributed by atoms with Crippen molar-refractivity contribution in [2.75, 3.05) is 7.11 Å². The zero-order valence-electron chi connectivity index (χ0n) is 10.8. The fourth-order valence-corrected chi connectivity index (χ4v) is 3.20. The summed E-state index contributed by atoms with van der Waals surface area (Å²) in [5.74, 6) is 0.885. The second-order valence-electron chi connectivity index (χ2n) is 5.04. The number of methoxy groups -OCH3 is 1. The average Bonchev–Trinajstić information content (AvgIpc) is 2.66. The molecule has 100 valence electrons. The van der Waals surface area contributed by atoms with Crippen LogP contribution in [0.3, 0.4) is 0 Å². The molecule has 1 atom stereocenters. The van der Waals surface area contributed by atoms with Gasteiger partial charge in [0.15, 0.2) is 0 Å². The van der Waals surface area contributed by atoms with Crippen LogP contribution < -0.4 is 4.74 Å². The van der Waals surface area contributed by atoms with E-state index >= 15 is 0 Å². The number of hydrogen-bond acceptors (Lipinski definition) is 1. The second-order valence-corrected chi connectivity index (χ2v) is 5.51. The van der Waals surface area contributed by atoms with Gasteiger partial charge < -0.3 is 4.74 Å². The minimum atomic E-state index is -0.245. The highest BCUT2D eigenvalue weighted by Crippen LogP contribution is 2.41. The van der Waals surface area contributed by atoms with Crippen molar-refractivity contribution < 1.29 is 9.13 Å². The van der Waals surface area contributed by atoms with E-state index in [-0.39, 0.29) is 11.2 Å². The minimum Gasteiger partial charge on any atom is -0.496 e. The molecule has 0 bridgehead atoms. The summed E-state index contributed by atoms with van der Waals surface area (Å²) in [5, 5.41) is -0.145. The molecule has 2 rings (SSSR count). The summed E-state index contributed by atoms with van der Waals surface area (Å²) in [6.07, 6.45) is 7.31. The fraction of sp³-hybridized carbons (Fsp3) is 0.600. The lowest BCUT2D eigenvalue weighted by atomic mass is 9.91. The number of rotatable bonds is 3. The average molecular weight is 271 g/mol. The maximum absolute atomic E-state index is 13.4. The molecule has 1 aliphatic carbocycles. The zero-order valence-corrected chi connectivity index (χ0v) is 11.5. The molecule has 0 N–H and O–H groups in total. The first-order valence-corrected chi connectivity index (χ1v) is 7.13. The Kier molecular flexibility index (Phi) is 4.87. The molecule has 1 fully saturated rings. The van der Waals surface area contributed by atoms with Gasteiger partial charge in [-0.3, -0.25) is 0 Å². The first kappa shape index (κ1) is 13.7. The van der Waals surface area contributed by atoms with Crippen LogP contribution in [0.1, 0.15) is 49.5 Å². The highest BCUT2D eigenvalue weighted by Gasteiger charge is 2.25.